The zero-order valence-electron chi connectivity index (χ0n) is 8.04. The van der Waals surface area contributed by atoms with Crippen LogP contribution < -0.4 is 0 Å². The van der Waals surface area contributed by atoms with Gasteiger partial charge in [-0.1, -0.05) is 30.3 Å². The number of rotatable bonds is 2. The highest BCUT2D eigenvalue weighted by atomic mass is 16.6. The Labute approximate surface area is 87.1 Å². The molecule has 0 atom stereocenters. The van der Waals surface area contributed by atoms with Crippen LogP contribution in [-0.4, -0.2) is 15.9 Å². The quantitative estimate of drug-likeness (QED) is 0.748. The number of aromatic nitrogens is 2. The second-order valence-electron chi connectivity index (χ2n) is 2.99. The maximum absolute atomic E-state index is 11.4. The average molecular weight is 202 g/mol. The van der Waals surface area contributed by atoms with Crippen molar-refractivity contribution in [1.29, 1.82) is 0 Å². The predicted octanol–water partition coefficient (Wildman–Crippen LogP) is 2.07. The van der Waals surface area contributed by atoms with Crippen LogP contribution in [-0.2, 0) is 11.3 Å². The molecule has 0 saturated heterocycles. The standard InChI is InChI=1S/C11H10N2O2/c14-11(13-8-4-7-12-13)15-9-10-5-2-1-3-6-10/h1-8H,9H2. The summed E-state index contributed by atoms with van der Waals surface area (Å²) in [5.74, 6) is 0. The van der Waals surface area contributed by atoms with Gasteiger partial charge >= 0.3 is 6.09 Å². The van der Waals surface area contributed by atoms with E-state index in [1.165, 1.54) is 6.20 Å². The molecular formula is C11H10N2O2. The van der Waals surface area contributed by atoms with Gasteiger partial charge in [0.1, 0.15) is 6.61 Å². The molecule has 0 aliphatic heterocycles. The lowest BCUT2D eigenvalue weighted by Crippen LogP contribution is -2.13. The molecule has 76 valence electrons. The first-order valence-electron chi connectivity index (χ1n) is 4.57. The molecule has 1 aromatic heterocycles. The molecule has 4 heteroatoms. The van der Waals surface area contributed by atoms with E-state index in [1.807, 2.05) is 30.3 Å². The highest BCUT2D eigenvalue weighted by Crippen LogP contribution is 2.01. The van der Waals surface area contributed by atoms with Crippen molar-refractivity contribution in [2.75, 3.05) is 0 Å². The molecule has 1 aromatic carbocycles. The largest absolute Gasteiger partial charge is 0.443 e. The van der Waals surface area contributed by atoms with Crippen molar-refractivity contribution in [1.82, 2.24) is 9.78 Å². The summed E-state index contributed by atoms with van der Waals surface area (Å²) in [4.78, 5) is 11.4. The van der Waals surface area contributed by atoms with E-state index < -0.39 is 6.09 Å². The minimum Gasteiger partial charge on any atom is -0.443 e. The molecule has 2 rings (SSSR count). The normalized spacial score (nSPS) is 9.87. The van der Waals surface area contributed by atoms with Crippen LogP contribution in [0.5, 0.6) is 0 Å². The lowest BCUT2D eigenvalue weighted by atomic mass is 10.2. The van der Waals surface area contributed by atoms with Gasteiger partial charge in [0.25, 0.3) is 0 Å². The number of carbonyl (C=O) groups excluding carboxylic acids is 1. The van der Waals surface area contributed by atoms with Gasteiger partial charge < -0.3 is 4.74 Å². The summed E-state index contributed by atoms with van der Waals surface area (Å²) in [6.07, 6.45) is 2.61. The Morgan fingerprint density at radius 2 is 2.07 bits per heavy atom. The molecule has 4 nitrogen and oxygen atoms in total. The molecule has 0 aliphatic rings. The fourth-order valence-corrected chi connectivity index (χ4v) is 1.16. The van der Waals surface area contributed by atoms with E-state index >= 15 is 0 Å². The van der Waals surface area contributed by atoms with E-state index in [2.05, 4.69) is 5.10 Å². The van der Waals surface area contributed by atoms with Gasteiger partial charge in [0.15, 0.2) is 0 Å². The Morgan fingerprint density at radius 3 is 2.73 bits per heavy atom. The van der Waals surface area contributed by atoms with Gasteiger partial charge in [0.2, 0.25) is 0 Å². The van der Waals surface area contributed by atoms with Crippen molar-refractivity contribution >= 4 is 6.09 Å². The van der Waals surface area contributed by atoms with Gasteiger partial charge in [0.05, 0.1) is 0 Å². The number of nitrogens with zero attached hydrogens (tertiary/aromatic N) is 2. The third-order valence-corrected chi connectivity index (χ3v) is 1.90. The molecular weight excluding hydrogens is 192 g/mol. The Bertz CT molecular complexity index is 423. The van der Waals surface area contributed by atoms with E-state index in [-0.39, 0.29) is 6.61 Å². The Morgan fingerprint density at radius 1 is 1.27 bits per heavy atom. The Kier molecular flexibility index (Phi) is 2.78. The molecule has 0 fully saturated rings. The second-order valence-corrected chi connectivity index (χ2v) is 2.99. The number of hydrogen-bond donors (Lipinski definition) is 0. The molecule has 0 N–H and O–H groups in total. The SMILES string of the molecule is O=C(OCc1ccccc1)n1cccn1. The van der Waals surface area contributed by atoms with Crippen molar-refractivity contribution < 1.29 is 9.53 Å². The molecule has 2 aromatic rings. The van der Waals surface area contributed by atoms with Gasteiger partial charge in [-0.25, -0.2) is 4.79 Å². The molecule has 0 saturated carbocycles. The molecule has 0 amide bonds. The maximum Gasteiger partial charge on any atom is 0.434 e. The Balaban J connectivity index is 1.92. The van der Waals surface area contributed by atoms with Crippen LogP contribution in [0.15, 0.2) is 48.8 Å². The second kappa shape index (κ2) is 4.41. The zero-order valence-corrected chi connectivity index (χ0v) is 8.04. The molecule has 0 unspecified atom stereocenters. The molecule has 1 heterocycles. The van der Waals surface area contributed by atoms with Crippen molar-refractivity contribution in [3.63, 3.8) is 0 Å². The van der Waals surface area contributed by atoms with Crippen LogP contribution in [0.3, 0.4) is 0 Å². The van der Waals surface area contributed by atoms with Crippen LogP contribution in [0.4, 0.5) is 4.79 Å². The van der Waals surface area contributed by atoms with E-state index in [0.29, 0.717) is 0 Å². The summed E-state index contributed by atoms with van der Waals surface area (Å²) in [7, 11) is 0. The fourth-order valence-electron chi connectivity index (χ4n) is 1.16. The summed E-state index contributed by atoms with van der Waals surface area (Å²) < 4.78 is 6.19. The lowest BCUT2D eigenvalue weighted by Gasteiger charge is -2.03. The third kappa shape index (κ3) is 2.43. The summed E-state index contributed by atoms with van der Waals surface area (Å²) in [6.45, 7) is 0.263. The van der Waals surface area contributed by atoms with Gasteiger partial charge in [-0.3, -0.25) is 0 Å². The summed E-state index contributed by atoms with van der Waals surface area (Å²) in [6, 6.07) is 11.2. The first-order chi connectivity index (χ1) is 7.36. The van der Waals surface area contributed by atoms with Crippen molar-refractivity contribution in [3.05, 3.63) is 54.4 Å². The first-order valence-corrected chi connectivity index (χ1v) is 4.57. The third-order valence-electron chi connectivity index (χ3n) is 1.90. The van der Waals surface area contributed by atoms with Crippen molar-refractivity contribution in [2.24, 2.45) is 0 Å². The monoisotopic (exact) mass is 202 g/mol. The minimum absolute atomic E-state index is 0.263. The first kappa shape index (κ1) is 9.45. The van der Waals surface area contributed by atoms with E-state index in [9.17, 15) is 4.79 Å². The van der Waals surface area contributed by atoms with E-state index in [4.69, 9.17) is 4.74 Å². The number of carbonyl (C=O) groups is 1. The molecule has 0 bridgehead atoms. The minimum atomic E-state index is -0.469. The highest BCUT2D eigenvalue weighted by molar-refractivity contribution is 5.68. The van der Waals surface area contributed by atoms with E-state index in [1.54, 1.807) is 12.3 Å². The van der Waals surface area contributed by atoms with E-state index in [0.717, 1.165) is 10.2 Å². The van der Waals surface area contributed by atoms with Crippen LogP contribution in [0, 0.1) is 0 Å². The van der Waals surface area contributed by atoms with Crippen LogP contribution >= 0.6 is 0 Å². The summed E-state index contributed by atoms with van der Waals surface area (Å²) >= 11 is 0. The smallest absolute Gasteiger partial charge is 0.434 e. The fraction of sp³-hybridized carbons (Fsp3) is 0.0909. The predicted molar refractivity (Wildman–Crippen MR) is 54.3 cm³/mol. The number of benzene rings is 1. The topological polar surface area (TPSA) is 44.1 Å². The lowest BCUT2D eigenvalue weighted by molar-refractivity contribution is 0.138. The molecule has 0 spiro atoms. The van der Waals surface area contributed by atoms with Gasteiger partial charge in [-0.15, -0.1) is 0 Å². The molecule has 0 aliphatic carbocycles. The van der Waals surface area contributed by atoms with Gasteiger partial charge in [-0.05, 0) is 11.6 Å². The van der Waals surface area contributed by atoms with Gasteiger partial charge in [-0.2, -0.15) is 9.78 Å². The zero-order chi connectivity index (χ0) is 10.5. The average Bonchev–Trinajstić information content (AvgIpc) is 2.81. The van der Waals surface area contributed by atoms with Crippen molar-refractivity contribution in [3.8, 4) is 0 Å². The summed E-state index contributed by atoms with van der Waals surface area (Å²) in [5.41, 5.74) is 0.956. The Hall–Kier alpha value is -2.10. The summed E-state index contributed by atoms with van der Waals surface area (Å²) in [5, 5.41) is 3.77. The molecule has 0 radical (unpaired) electrons. The maximum atomic E-state index is 11.4. The van der Waals surface area contributed by atoms with Crippen LogP contribution in [0.25, 0.3) is 0 Å². The molecule has 15 heavy (non-hydrogen) atoms. The number of ether oxygens (including phenoxy) is 1. The van der Waals surface area contributed by atoms with Gasteiger partial charge in [0, 0.05) is 12.4 Å². The number of hydrogen-bond acceptors (Lipinski definition) is 3. The van der Waals surface area contributed by atoms with Crippen molar-refractivity contribution in [2.45, 2.75) is 6.61 Å². The van der Waals surface area contributed by atoms with Crippen LogP contribution in [0.2, 0.25) is 0 Å². The van der Waals surface area contributed by atoms with Crippen LogP contribution in [0.1, 0.15) is 5.56 Å². The highest BCUT2D eigenvalue weighted by Gasteiger charge is 2.04.